The third-order valence-electron chi connectivity index (χ3n) is 4.53. The molecule has 6 heteroatoms. The van der Waals surface area contributed by atoms with Crippen LogP contribution in [0.2, 0.25) is 0 Å². The van der Waals surface area contributed by atoms with E-state index in [1.54, 1.807) is 18.6 Å². The van der Waals surface area contributed by atoms with E-state index in [0.29, 0.717) is 25.6 Å². The first kappa shape index (κ1) is 16.1. The second-order valence-electron chi connectivity index (χ2n) is 6.07. The van der Waals surface area contributed by atoms with Gasteiger partial charge in [0, 0.05) is 36.7 Å². The van der Waals surface area contributed by atoms with E-state index in [2.05, 4.69) is 15.5 Å². The van der Waals surface area contributed by atoms with Crippen molar-refractivity contribution in [1.82, 2.24) is 10.4 Å². The van der Waals surface area contributed by atoms with Gasteiger partial charge in [-0.2, -0.15) is 5.10 Å². The summed E-state index contributed by atoms with van der Waals surface area (Å²) in [6.45, 7) is 1.33. The Hall–Kier alpha value is -1.79. The molecule has 23 heavy (non-hydrogen) atoms. The Balaban J connectivity index is 1.46. The number of carbonyl (C=O) groups is 1. The summed E-state index contributed by atoms with van der Waals surface area (Å²) in [7, 11) is 0. The summed E-state index contributed by atoms with van der Waals surface area (Å²) in [6, 6.07) is 3.70. The summed E-state index contributed by atoms with van der Waals surface area (Å²) in [4.78, 5) is 15.9. The van der Waals surface area contributed by atoms with Crippen LogP contribution in [-0.4, -0.2) is 36.1 Å². The quantitative estimate of drug-likeness (QED) is 0.668. The molecule has 1 saturated carbocycles. The number of rotatable bonds is 5. The Bertz CT molecular complexity index is 541. The summed E-state index contributed by atoms with van der Waals surface area (Å²) >= 11 is 0. The van der Waals surface area contributed by atoms with Gasteiger partial charge in [0.15, 0.2) is 5.79 Å². The van der Waals surface area contributed by atoms with Crippen LogP contribution in [0.25, 0.3) is 0 Å². The van der Waals surface area contributed by atoms with Gasteiger partial charge in [-0.25, -0.2) is 5.43 Å². The number of amides is 1. The molecular weight excluding hydrogens is 294 g/mol. The van der Waals surface area contributed by atoms with E-state index in [0.717, 1.165) is 31.2 Å². The molecule has 3 rings (SSSR count). The Morgan fingerprint density at radius 2 is 2.30 bits per heavy atom. The fourth-order valence-corrected chi connectivity index (χ4v) is 3.39. The van der Waals surface area contributed by atoms with Crippen molar-refractivity contribution in [3.05, 3.63) is 30.1 Å². The SMILES string of the molecule is O=C(CC[C@@H]1CCCCC12OCCO2)N/N=C\c1cccnc1. The monoisotopic (exact) mass is 317 g/mol. The fraction of sp³-hybridized carbons (Fsp3) is 0.588. The first-order valence-electron chi connectivity index (χ1n) is 8.28. The van der Waals surface area contributed by atoms with Crippen LogP contribution in [0.3, 0.4) is 0 Å². The maximum absolute atomic E-state index is 12.0. The van der Waals surface area contributed by atoms with Gasteiger partial charge in [0.25, 0.3) is 0 Å². The highest BCUT2D eigenvalue weighted by Gasteiger charge is 2.45. The lowest BCUT2D eigenvalue weighted by atomic mass is 9.80. The van der Waals surface area contributed by atoms with Gasteiger partial charge in [-0.3, -0.25) is 9.78 Å². The highest BCUT2D eigenvalue weighted by molar-refractivity contribution is 5.81. The highest BCUT2D eigenvalue weighted by Crippen LogP contribution is 2.42. The molecule has 0 bridgehead atoms. The molecule has 0 unspecified atom stereocenters. The lowest BCUT2D eigenvalue weighted by Gasteiger charge is -2.39. The lowest BCUT2D eigenvalue weighted by Crippen LogP contribution is -2.42. The second kappa shape index (κ2) is 7.66. The number of carbonyl (C=O) groups excluding carboxylic acids is 1. The van der Waals surface area contributed by atoms with Crippen LogP contribution >= 0.6 is 0 Å². The number of nitrogens with one attached hydrogen (secondary N) is 1. The standard InChI is InChI=1S/C17H23N3O3/c21-16(20-19-13-14-4-3-9-18-12-14)7-6-15-5-1-2-8-17(15)22-10-11-23-17/h3-4,9,12-13,15H,1-2,5-8,10-11H2,(H,20,21)/b19-13-/t15-/m0/s1. The van der Waals surface area contributed by atoms with Crippen LogP contribution in [-0.2, 0) is 14.3 Å². The molecule has 0 radical (unpaired) electrons. The minimum atomic E-state index is -0.433. The summed E-state index contributed by atoms with van der Waals surface area (Å²) in [5.41, 5.74) is 3.42. The zero-order chi connectivity index (χ0) is 16.0. The zero-order valence-electron chi connectivity index (χ0n) is 13.2. The van der Waals surface area contributed by atoms with Crippen molar-refractivity contribution >= 4 is 12.1 Å². The molecule has 0 aromatic carbocycles. The van der Waals surface area contributed by atoms with Gasteiger partial charge in [0.1, 0.15) is 0 Å². The topological polar surface area (TPSA) is 72.8 Å². The Labute approximate surface area is 136 Å². The van der Waals surface area contributed by atoms with Gasteiger partial charge in [0.2, 0.25) is 5.91 Å². The van der Waals surface area contributed by atoms with Crippen LogP contribution < -0.4 is 5.43 Å². The number of nitrogens with zero attached hydrogens (tertiary/aromatic N) is 2. The fourth-order valence-electron chi connectivity index (χ4n) is 3.39. The number of aromatic nitrogens is 1. The molecule has 1 aromatic heterocycles. The van der Waals surface area contributed by atoms with E-state index in [1.807, 2.05) is 12.1 Å². The van der Waals surface area contributed by atoms with E-state index in [4.69, 9.17) is 9.47 Å². The second-order valence-corrected chi connectivity index (χ2v) is 6.07. The maximum atomic E-state index is 12.0. The van der Waals surface area contributed by atoms with Crippen molar-refractivity contribution in [2.24, 2.45) is 11.0 Å². The van der Waals surface area contributed by atoms with Gasteiger partial charge in [-0.15, -0.1) is 0 Å². The molecule has 1 spiro atoms. The molecule has 1 aliphatic heterocycles. The summed E-state index contributed by atoms with van der Waals surface area (Å²) in [5.74, 6) is -0.215. The van der Waals surface area contributed by atoms with E-state index in [1.165, 1.54) is 6.42 Å². The predicted octanol–water partition coefficient (Wildman–Crippen LogP) is 2.25. The summed E-state index contributed by atoms with van der Waals surface area (Å²) in [6.07, 6.45) is 10.5. The van der Waals surface area contributed by atoms with Crippen LogP contribution in [0.1, 0.15) is 44.1 Å². The Morgan fingerprint density at radius 1 is 1.43 bits per heavy atom. The number of hydrogen-bond acceptors (Lipinski definition) is 5. The number of hydrogen-bond donors (Lipinski definition) is 1. The van der Waals surface area contributed by atoms with Gasteiger partial charge in [-0.05, 0) is 25.3 Å². The molecule has 1 atom stereocenters. The minimum Gasteiger partial charge on any atom is -0.347 e. The molecule has 2 aliphatic rings. The molecule has 2 fully saturated rings. The van der Waals surface area contributed by atoms with E-state index >= 15 is 0 Å². The van der Waals surface area contributed by atoms with E-state index in [-0.39, 0.29) is 5.91 Å². The average Bonchev–Trinajstić information content (AvgIpc) is 3.04. The highest BCUT2D eigenvalue weighted by atomic mass is 16.7. The molecule has 2 heterocycles. The van der Waals surface area contributed by atoms with Gasteiger partial charge in [0.05, 0.1) is 19.4 Å². The van der Waals surface area contributed by atoms with Crippen LogP contribution in [0.15, 0.2) is 29.6 Å². The predicted molar refractivity (Wildman–Crippen MR) is 85.8 cm³/mol. The van der Waals surface area contributed by atoms with Crippen molar-refractivity contribution < 1.29 is 14.3 Å². The lowest BCUT2D eigenvalue weighted by molar-refractivity contribution is -0.213. The third kappa shape index (κ3) is 4.14. The smallest absolute Gasteiger partial charge is 0.240 e. The molecule has 1 saturated heterocycles. The van der Waals surface area contributed by atoms with Crippen molar-refractivity contribution in [2.45, 2.75) is 44.3 Å². The largest absolute Gasteiger partial charge is 0.347 e. The molecule has 124 valence electrons. The molecule has 6 nitrogen and oxygen atoms in total. The molecular formula is C17H23N3O3. The first-order valence-corrected chi connectivity index (χ1v) is 8.28. The maximum Gasteiger partial charge on any atom is 0.240 e. The van der Waals surface area contributed by atoms with Gasteiger partial charge < -0.3 is 9.47 Å². The van der Waals surface area contributed by atoms with Crippen molar-refractivity contribution in [3.8, 4) is 0 Å². The van der Waals surface area contributed by atoms with Gasteiger partial charge >= 0.3 is 0 Å². The number of ether oxygens (including phenoxy) is 2. The zero-order valence-corrected chi connectivity index (χ0v) is 13.2. The summed E-state index contributed by atoms with van der Waals surface area (Å²) < 4.78 is 11.7. The molecule has 1 aliphatic carbocycles. The normalized spacial score (nSPS) is 23.4. The first-order chi connectivity index (χ1) is 11.3. The molecule has 1 amide bonds. The Morgan fingerprint density at radius 3 is 3.09 bits per heavy atom. The summed E-state index contributed by atoms with van der Waals surface area (Å²) in [5, 5.41) is 3.97. The van der Waals surface area contributed by atoms with E-state index in [9.17, 15) is 4.79 Å². The van der Waals surface area contributed by atoms with Crippen molar-refractivity contribution in [1.29, 1.82) is 0 Å². The molecule has 1 aromatic rings. The minimum absolute atomic E-state index is 0.0798. The van der Waals surface area contributed by atoms with Crippen molar-refractivity contribution in [3.63, 3.8) is 0 Å². The van der Waals surface area contributed by atoms with E-state index < -0.39 is 5.79 Å². The third-order valence-corrected chi connectivity index (χ3v) is 4.53. The van der Waals surface area contributed by atoms with Crippen molar-refractivity contribution in [2.75, 3.05) is 13.2 Å². The van der Waals surface area contributed by atoms with Crippen LogP contribution in [0.5, 0.6) is 0 Å². The number of pyridine rings is 1. The Kier molecular flexibility index (Phi) is 5.35. The molecule has 1 N–H and O–H groups in total. The van der Waals surface area contributed by atoms with Crippen LogP contribution in [0.4, 0.5) is 0 Å². The number of hydrazone groups is 1. The average molecular weight is 317 g/mol. The van der Waals surface area contributed by atoms with Gasteiger partial charge in [-0.1, -0.05) is 12.5 Å². The van der Waals surface area contributed by atoms with Crippen LogP contribution in [0, 0.1) is 5.92 Å².